The summed E-state index contributed by atoms with van der Waals surface area (Å²) in [6.07, 6.45) is -4.49. The molecule has 1 nitrogen and oxygen atoms in total. The number of aromatic nitrogens is 1. The Bertz CT molecular complexity index is 632. The van der Waals surface area contributed by atoms with Crippen molar-refractivity contribution in [2.24, 2.45) is 0 Å². The molecule has 0 amide bonds. The molecule has 0 aliphatic heterocycles. The fourth-order valence-electron chi connectivity index (χ4n) is 1.98. The van der Waals surface area contributed by atoms with Gasteiger partial charge >= 0.3 is 6.18 Å². The van der Waals surface area contributed by atoms with E-state index in [4.69, 9.17) is 11.6 Å². The second-order valence-electron chi connectivity index (χ2n) is 4.32. The van der Waals surface area contributed by atoms with Crippen LogP contribution >= 0.6 is 11.6 Å². The number of pyridine rings is 1. The van der Waals surface area contributed by atoms with Gasteiger partial charge in [-0.1, -0.05) is 23.7 Å². The van der Waals surface area contributed by atoms with Crippen molar-refractivity contribution >= 4 is 22.5 Å². The molecule has 0 fully saturated rings. The van der Waals surface area contributed by atoms with Crippen LogP contribution in [0.2, 0.25) is 5.02 Å². The van der Waals surface area contributed by atoms with Gasteiger partial charge in [0.05, 0.1) is 10.5 Å². The van der Waals surface area contributed by atoms with Crippen LogP contribution in [0.3, 0.4) is 0 Å². The van der Waals surface area contributed by atoms with Crippen LogP contribution in [0.25, 0.3) is 10.9 Å². The van der Waals surface area contributed by atoms with E-state index in [0.717, 1.165) is 5.56 Å². The molecule has 1 aromatic heterocycles. The molecule has 0 saturated heterocycles. The maximum atomic E-state index is 12.9. The summed E-state index contributed by atoms with van der Waals surface area (Å²) in [6.45, 7) is 4.88. The molecule has 0 bridgehead atoms. The smallest absolute Gasteiger partial charge is 0.243 e. The van der Waals surface area contributed by atoms with Crippen LogP contribution < -0.4 is 0 Å². The van der Waals surface area contributed by atoms with E-state index in [0.29, 0.717) is 16.5 Å². The van der Waals surface area contributed by atoms with Crippen LogP contribution in [0.15, 0.2) is 12.1 Å². The van der Waals surface area contributed by atoms with Gasteiger partial charge in [-0.3, -0.25) is 0 Å². The highest BCUT2D eigenvalue weighted by atomic mass is 35.5. The van der Waals surface area contributed by atoms with Gasteiger partial charge in [0.15, 0.2) is 0 Å². The highest BCUT2D eigenvalue weighted by molar-refractivity contribution is 6.36. The van der Waals surface area contributed by atoms with Crippen molar-refractivity contribution in [3.05, 3.63) is 39.5 Å². The predicted octanol–water partition coefficient (Wildman–Crippen LogP) is 4.83. The molecule has 2 rings (SSSR count). The minimum absolute atomic E-state index is 0.0228. The Morgan fingerprint density at radius 3 is 2.17 bits per heavy atom. The first-order valence-electron chi connectivity index (χ1n) is 5.36. The van der Waals surface area contributed by atoms with Crippen molar-refractivity contribution < 1.29 is 13.2 Å². The molecular formula is C13H11ClF3N. The monoisotopic (exact) mass is 273 g/mol. The summed E-state index contributed by atoms with van der Waals surface area (Å²) < 4.78 is 38.6. The Morgan fingerprint density at radius 2 is 1.61 bits per heavy atom. The van der Waals surface area contributed by atoms with Crippen molar-refractivity contribution in [1.82, 2.24) is 4.98 Å². The molecule has 0 spiro atoms. The van der Waals surface area contributed by atoms with Gasteiger partial charge in [0.1, 0.15) is 5.69 Å². The molecule has 0 unspecified atom stereocenters. The van der Waals surface area contributed by atoms with Crippen LogP contribution in [-0.2, 0) is 6.18 Å². The zero-order valence-corrected chi connectivity index (χ0v) is 10.9. The lowest BCUT2D eigenvalue weighted by Crippen LogP contribution is -2.11. The number of halogens is 4. The topological polar surface area (TPSA) is 12.9 Å². The molecular weight excluding hydrogens is 263 g/mol. The van der Waals surface area contributed by atoms with Crippen molar-refractivity contribution in [3.8, 4) is 0 Å². The first-order valence-corrected chi connectivity index (χ1v) is 5.74. The minimum Gasteiger partial charge on any atom is -0.243 e. The van der Waals surface area contributed by atoms with Crippen LogP contribution in [0.1, 0.15) is 22.4 Å². The van der Waals surface area contributed by atoms with E-state index in [1.54, 1.807) is 13.0 Å². The van der Waals surface area contributed by atoms with Gasteiger partial charge in [0.25, 0.3) is 0 Å². The standard InChI is InChI=1S/C13H11ClF3N/c1-6-4-5-7(2)11-9(6)10(14)8(3)12(18-11)13(15,16)17/h4-5H,1-3H3. The first-order chi connectivity index (χ1) is 8.23. The van der Waals surface area contributed by atoms with E-state index in [2.05, 4.69) is 4.98 Å². The molecule has 0 atom stereocenters. The third-order valence-corrected chi connectivity index (χ3v) is 3.46. The summed E-state index contributed by atoms with van der Waals surface area (Å²) in [5.41, 5.74) is 0.893. The normalized spacial score (nSPS) is 12.2. The Hall–Kier alpha value is -1.29. The van der Waals surface area contributed by atoms with Crippen molar-refractivity contribution in [3.63, 3.8) is 0 Å². The zero-order chi connectivity index (χ0) is 13.7. The molecule has 0 aliphatic rings. The second-order valence-corrected chi connectivity index (χ2v) is 4.70. The van der Waals surface area contributed by atoms with Gasteiger partial charge < -0.3 is 0 Å². The minimum atomic E-state index is -4.49. The summed E-state index contributed by atoms with van der Waals surface area (Å²) in [5, 5.41) is 0.732. The van der Waals surface area contributed by atoms with Gasteiger partial charge in [0, 0.05) is 5.39 Å². The molecule has 2 aromatic rings. The van der Waals surface area contributed by atoms with E-state index in [-0.39, 0.29) is 10.6 Å². The zero-order valence-electron chi connectivity index (χ0n) is 10.1. The van der Waals surface area contributed by atoms with Crippen LogP contribution in [0.5, 0.6) is 0 Å². The number of aryl methyl sites for hydroxylation is 2. The molecule has 96 valence electrons. The van der Waals surface area contributed by atoms with Gasteiger partial charge in [-0.15, -0.1) is 0 Å². The second kappa shape index (κ2) is 4.12. The molecule has 0 aliphatic carbocycles. The lowest BCUT2D eigenvalue weighted by molar-refractivity contribution is -0.141. The lowest BCUT2D eigenvalue weighted by Gasteiger charge is -2.15. The molecule has 0 saturated carbocycles. The van der Waals surface area contributed by atoms with Crippen molar-refractivity contribution in [2.45, 2.75) is 26.9 Å². The molecule has 0 radical (unpaired) electrons. The molecule has 1 aromatic carbocycles. The number of rotatable bonds is 0. The van der Waals surface area contributed by atoms with Crippen molar-refractivity contribution in [2.75, 3.05) is 0 Å². The first kappa shape index (κ1) is 13.1. The fraction of sp³-hybridized carbons (Fsp3) is 0.308. The average Bonchev–Trinajstić information content (AvgIpc) is 2.26. The Morgan fingerprint density at radius 1 is 1.06 bits per heavy atom. The molecule has 0 N–H and O–H groups in total. The van der Waals surface area contributed by atoms with Crippen LogP contribution in [0.4, 0.5) is 13.2 Å². The Labute approximate surface area is 108 Å². The highest BCUT2D eigenvalue weighted by Crippen LogP contribution is 2.38. The predicted molar refractivity (Wildman–Crippen MR) is 66.0 cm³/mol. The lowest BCUT2D eigenvalue weighted by atomic mass is 10.0. The third-order valence-electron chi connectivity index (χ3n) is 2.98. The van der Waals surface area contributed by atoms with E-state index in [9.17, 15) is 13.2 Å². The summed E-state index contributed by atoms with van der Waals surface area (Å²) >= 11 is 6.07. The average molecular weight is 274 g/mol. The van der Waals surface area contributed by atoms with Crippen LogP contribution in [0, 0.1) is 20.8 Å². The van der Waals surface area contributed by atoms with E-state index in [1.165, 1.54) is 6.92 Å². The van der Waals surface area contributed by atoms with Gasteiger partial charge in [-0.25, -0.2) is 4.98 Å². The quantitative estimate of drug-likeness (QED) is 0.670. The van der Waals surface area contributed by atoms with Gasteiger partial charge in [-0.05, 0) is 37.5 Å². The van der Waals surface area contributed by atoms with Gasteiger partial charge in [-0.2, -0.15) is 13.2 Å². The Balaban J connectivity index is 2.97. The maximum Gasteiger partial charge on any atom is 0.433 e. The van der Waals surface area contributed by atoms with E-state index >= 15 is 0 Å². The van der Waals surface area contributed by atoms with Gasteiger partial charge in [0.2, 0.25) is 0 Å². The third kappa shape index (κ3) is 1.94. The number of benzene rings is 1. The summed E-state index contributed by atoms with van der Waals surface area (Å²) in [6, 6.07) is 3.58. The number of fused-ring (bicyclic) bond motifs is 1. The van der Waals surface area contributed by atoms with E-state index < -0.39 is 11.9 Å². The largest absolute Gasteiger partial charge is 0.433 e. The SMILES string of the molecule is Cc1c(C(F)(F)F)nc2c(C)ccc(C)c2c1Cl. The highest BCUT2D eigenvalue weighted by Gasteiger charge is 2.36. The summed E-state index contributed by atoms with van der Waals surface area (Å²) in [5.74, 6) is 0. The summed E-state index contributed by atoms with van der Waals surface area (Å²) in [7, 11) is 0. The Kier molecular flexibility index (Phi) is 3.01. The number of nitrogens with zero attached hydrogens (tertiary/aromatic N) is 1. The molecule has 5 heteroatoms. The summed E-state index contributed by atoms with van der Waals surface area (Å²) in [4.78, 5) is 3.76. The number of hydrogen-bond acceptors (Lipinski definition) is 1. The maximum absolute atomic E-state index is 12.9. The number of hydrogen-bond donors (Lipinski definition) is 0. The molecule has 1 heterocycles. The number of alkyl halides is 3. The van der Waals surface area contributed by atoms with E-state index in [1.807, 2.05) is 13.0 Å². The van der Waals surface area contributed by atoms with Crippen molar-refractivity contribution in [1.29, 1.82) is 0 Å². The molecule has 18 heavy (non-hydrogen) atoms. The van der Waals surface area contributed by atoms with Crippen LogP contribution in [-0.4, -0.2) is 4.98 Å². The fourth-order valence-corrected chi connectivity index (χ4v) is 2.31.